The Labute approximate surface area is 83.1 Å². The van der Waals surface area contributed by atoms with Gasteiger partial charge in [-0.05, 0) is 36.0 Å². The highest BCUT2D eigenvalue weighted by atomic mass is 14.5. The van der Waals surface area contributed by atoms with Crippen LogP contribution in [0.3, 0.4) is 0 Å². The summed E-state index contributed by atoms with van der Waals surface area (Å²) in [5.41, 5.74) is 0.615. The van der Waals surface area contributed by atoms with Crippen molar-refractivity contribution in [3.05, 3.63) is 0 Å². The largest absolute Gasteiger partial charge is 0.0649 e. The van der Waals surface area contributed by atoms with E-state index in [0.717, 1.165) is 17.8 Å². The van der Waals surface area contributed by atoms with Crippen molar-refractivity contribution >= 4 is 0 Å². The maximum atomic E-state index is 2.47. The molecule has 2 aliphatic carbocycles. The first kappa shape index (κ1) is 9.55. The van der Waals surface area contributed by atoms with E-state index in [1.165, 1.54) is 12.8 Å². The summed E-state index contributed by atoms with van der Waals surface area (Å²) in [4.78, 5) is 0. The van der Waals surface area contributed by atoms with Gasteiger partial charge in [-0.25, -0.2) is 0 Å². The van der Waals surface area contributed by atoms with Crippen molar-refractivity contribution in [3.8, 4) is 0 Å². The van der Waals surface area contributed by atoms with Crippen LogP contribution in [0.2, 0.25) is 0 Å². The molecule has 2 rings (SSSR count). The van der Waals surface area contributed by atoms with Gasteiger partial charge < -0.3 is 0 Å². The fourth-order valence-electron chi connectivity index (χ4n) is 3.49. The number of hydrogen-bond acceptors (Lipinski definition) is 0. The molecular weight excluding hydrogens is 156 g/mol. The van der Waals surface area contributed by atoms with Crippen LogP contribution in [0.5, 0.6) is 0 Å². The molecule has 2 unspecified atom stereocenters. The molecule has 2 saturated carbocycles. The molecular formula is C13H24. The van der Waals surface area contributed by atoms with E-state index in [4.69, 9.17) is 0 Å². The summed E-state index contributed by atoms with van der Waals surface area (Å²) in [6.45, 7) is 7.30. The highest BCUT2D eigenvalue weighted by molar-refractivity contribution is 4.92. The van der Waals surface area contributed by atoms with Crippen molar-refractivity contribution < 1.29 is 0 Å². The molecule has 0 N–H and O–H groups in total. The molecule has 0 saturated heterocycles. The maximum absolute atomic E-state index is 2.47. The maximum Gasteiger partial charge on any atom is -0.0328 e. The van der Waals surface area contributed by atoms with Gasteiger partial charge in [0.2, 0.25) is 0 Å². The van der Waals surface area contributed by atoms with E-state index in [1.54, 1.807) is 25.7 Å². The Morgan fingerprint density at radius 2 is 1.62 bits per heavy atom. The van der Waals surface area contributed by atoms with Crippen molar-refractivity contribution in [3.63, 3.8) is 0 Å². The second kappa shape index (κ2) is 3.29. The van der Waals surface area contributed by atoms with Crippen LogP contribution in [0.4, 0.5) is 0 Å². The number of hydrogen-bond donors (Lipinski definition) is 0. The third-order valence-corrected chi connectivity index (χ3v) is 5.01. The second-order valence-corrected chi connectivity index (χ2v) is 5.96. The van der Waals surface area contributed by atoms with E-state index in [1.807, 2.05) is 0 Å². The van der Waals surface area contributed by atoms with Gasteiger partial charge in [0, 0.05) is 0 Å². The fraction of sp³-hybridized carbons (Fsp3) is 1.00. The lowest BCUT2D eigenvalue weighted by Gasteiger charge is -2.31. The summed E-state index contributed by atoms with van der Waals surface area (Å²) in [6, 6.07) is 0. The zero-order valence-corrected chi connectivity index (χ0v) is 9.47. The SMILES string of the molecule is CCC(C)(C)C1CC2CCC[C@H]2C1. The molecule has 0 aromatic rings. The predicted molar refractivity (Wildman–Crippen MR) is 57.6 cm³/mol. The van der Waals surface area contributed by atoms with Gasteiger partial charge in [-0.3, -0.25) is 0 Å². The molecule has 0 heteroatoms. The van der Waals surface area contributed by atoms with Gasteiger partial charge in [-0.1, -0.05) is 46.5 Å². The van der Waals surface area contributed by atoms with Crippen LogP contribution in [0.25, 0.3) is 0 Å². The van der Waals surface area contributed by atoms with Gasteiger partial charge >= 0.3 is 0 Å². The van der Waals surface area contributed by atoms with E-state index in [9.17, 15) is 0 Å². The monoisotopic (exact) mass is 180 g/mol. The quantitative estimate of drug-likeness (QED) is 0.596. The van der Waals surface area contributed by atoms with Gasteiger partial charge in [0.1, 0.15) is 0 Å². The Balaban J connectivity index is 1.98. The van der Waals surface area contributed by atoms with Gasteiger partial charge in [-0.15, -0.1) is 0 Å². The molecule has 2 aliphatic rings. The molecule has 0 spiro atoms. The van der Waals surface area contributed by atoms with E-state index in [-0.39, 0.29) is 0 Å². The molecule has 0 aromatic carbocycles. The molecule has 0 aliphatic heterocycles. The van der Waals surface area contributed by atoms with Gasteiger partial charge in [0.05, 0.1) is 0 Å². The predicted octanol–water partition coefficient (Wildman–Crippen LogP) is 4.25. The Morgan fingerprint density at radius 3 is 2.08 bits per heavy atom. The van der Waals surface area contributed by atoms with Crippen LogP contribution in [0.15, 0.2) is 0 Å². The minimum Gasteiger partial charge on any atom is -0.0649 e. The van der Waals surface area contributed by atoms with Crippen molar-refractivity contribution in [2.45, 2.75) is 59.3 Å². The van der Waals surface area contributed by atoms with Crippen molar-refractivity contribution in [2.24, 2.45) is 23.2 Å². The summed E-state index contributed by atoms with van der Waals surface area (Å²) < 4.78 is 0. The standard InChI is InChI=1S/C13H24/c1-4-13(2,3)12-8-10-6-5-7-11(10)9-12/h10-12H,4-9H2,1-3H3/t10-,11?,12?/m0/s1. The third-order valence-electron chi connectivity index (χ3n) is 5.01. The van der Waals surface area contributed by atoms with E-state index in [0.29, 0.717) is 5.41 Å². The average molecular weight is 180 g/mol. The molecule has 0 radical (unpaired) electrons. The molecule has 76 valence electrons. The molecule has 0 heterocycles. The van der Waals surface area contributed by atoms with Crippen LogP contribution in [-0.2, 0) is 0 Å². The molecule has 13 heavy (non-hydrogen) atoms. The summed E-state index contributed by atoms with van der Waals surface area (Å²) >= 11 is 0. The van der Waals surface area contributed by atoms with E-state index < -0.39 is 0 Å². The van der Waals surface area contributed by atoms with Crippen molar-refractivity contribution in [1.29, 1.82) is 0 Å². The first-order chi connectivity index (χ1) is 6.13. The molecule has 0 nitrogen and oxygen atoms in total. The molecule has 0 amide bonds. The van der Waals surface area contributed by atoms with Crippen LogP contribution < -0.4 is 0 Å². The normalized spacial score (nSPS) is 39.5. The van der Waals surface area contributed by atoms with Gasteiger partial charge in [-0.2, -0.15) is 0 Å². The Hall–Kier alpha value is 0. The number of rotatable bonds is 2. The second-order valence-electron chi connectivity index (χ2n) is 5.96. The number of fused-ring (bicyclic) bond motifs is 1. The summed E-state index contributed by atoms with van der Waals surface area (Å²) in [6.07, 6.45) is 9.06. The minimum absolute atomic E-state index is 0.615. The Kier molecular flexibility index (Phi) is 2.42. The first-order valence-corrected chi connectivity index (χ1v) is 6.13. The van der Waals surface area contributed by atoms with Crippen molar-refractivity contribution in [2.75, 3.05) is 0 Å². The summed E-state index contributed by atoms with van der Waals surface area (Å²) in [7, 11) is 0. The van der Waals surface area contributed by atoms with E-state index >= 15 is 0 Å². The van der Waals surface area contributed by atoms with Crippen LogP contribution in [0.1, 0.15) is 59.3 Å². The van der Waals surface area contributed by atoms with E-state index in [2.05, 4.69) is 20.8 Å². The van der Waals surface area contributed by atoms with Gasteiger partial charge in [0.25, 0.3) is 0 Å². The molecule has 0 bridgehead atoms. The van der Waals surface area contributed by atoms with Crippen LogP contribution in [-0.4, -0.2) is 0 Å². The molecule has 0 aromatic heterocycles. The summed E-state index contributed by atoms with van der Waals surface area (Å²) in [5.74, 6) is 3.28. The van der Waals surface area contributed by atoms with Crippen molar-refractivity contribution in [1.82, 2.24) is 0 Å². The third kappa shape index (κ3) is 1.65. The zero-order chi connectivity index (χ0) is 9.47. The fourth-order valence-corrected chi connectivity index (χ4v) is 3.49. The first-order valence-electron chi connectivity index (χ1n) is 6.13. The lowest BCUT2D eigenvalue weighted by atomic mass is 9.75. The average Bonchev–Trinajstić information content (AvgIpc) is 2.61. The Morgan fingerprint density at radius 1 is 1.08 bits per heavy atom. The Bertz CT molecular complexity index is 168. The van der Waals surface area contributed by atoms with Crippen LogP contribution in [0, 0.1) is 23.2 Å². The highest BCUT2D eigenvalue weighted by Crippen LogP contribution is 2.52. The zero-order valence-electron chi connectivity index (χ0n) is 9.47. The minimum atomic E-state index is 0.615. The highest BCUT2D eigenvalue weighted by Gasteiger charge is 2.42. The summed E-state index contributed by atoms with van der Waals surface area (Å²) in [5, 5.41) is 0. The van der Waals surface area contributed by atoms with Gasteiger partial charge in [0.15, 0.2) is 0 Å². The lowest BCUT2D eigenvalue weighted by molar-refractivity contribution is 0.196. The molecule has 2 fully saturated rings. The topological polar surface area (TPSA) is 0 Å². The molecule has 3 atom stereocenters. The smallest absolute Gasteiger partial charge is 0.0328 e. The lowest BCUT2D eigenvalue weighted by Crippen LogP contribution is -2.21. The van der Waals surface area contributed by atoms with Crippen LogP contribution >= 0.6 is 0 Å².